The summed E-state index contributed by atoms with van der Waals surface area (Å²) < 4.78 is 0. The second-order valence-corrected chi connectivity index (χ2v) is 3.52. The van der Waals surface area contributed by atoms with E-state index >= 15 is 0 Å². The van der Waals surface area contributed by atoms with Gasteiger partial charge in [-0.15, -0.1) is 0 Å². The highest BCUT2D eigenvalue weighted by Crippen LogP contribution is 2.21. The van der Waals surface area contributed by atoms with E-state index in [4.69, 9.17) is 0 Å². The van der Waals surface area contributed by atoms with Crippen LogP contribution in [0.25, 0.3) is 5.57 Å². The molecule has 3 heteroatoms. The fraction of sp³-hybridized carbons (Fsp3) is 0.250. The van der Waals surface area contributed by atoms with Crippen molar-refractivity contribution in [1.82, 2.24) is 5.32 Å². The third-order valence-corrected chi connectivity index (χ3v) is 2.55. The zero-order chi connectivity index (χ0) is 10.5. The van der Waals surface area contributed by atoms with Crippen LogP contribution in [0.15, 0.2) is 30.3 Å². The predicted octanol–water partition coefficient (Wildman–Crippen LogP) is 1.63. The number of rotatable bonds is 3. The van der Waals surface area contributed by atoms with E-state index in [0.29, 0.717) is 6.41 Å². The first-order valence-electron chi connectivity index (χ1n) is 5.10. The molecule has 3 nitrogen and oxygen atoms in total. The van der Waals surface area contributed by atoms with Crippen molar-refractivity contribution in [1.29, 1.82) is 0 Å². The molecule has 1 aliphatic rings. The molecular formula is C12H14N2O. The van der Waals surface area contributed by atoms with Gasteiger partial charge in [0.25, 0.3) is 0 Å². The molecule has 2 N–H and O–H groups in total. The number of carbonyl (C=O) groups is 1. The number of carbonyl (C=O) groups excluding carboxylic acids is 1. The summed E-state index contributed by atoms with van der Waals surface area (Å²) in [6.45, 7) is 1.99. The van der Waals surface area contributed by atoms with Gasteiger partial charge in [0.15, 0.2) is 0 Å². The van der Waals surface area contributed by atoms with Crippen molar-refractivity contribution in [2.75, 3.05) is 18.4 Å². The molecule has 0 unspecified atom stereocenters. The van der Waals surface area contributed by atoms with E-state index in [-0.39, 0.29) is 0 Å². The van der Waals surface area contributed by atoms with Crippen molar-refractivity contribution in [3.63, 3.8) is 0 Å². The van der Waals surface area contributed by atoms with Crippen molar-refractivity contribution in [2.24, 2.45) is 0 Å². The minimum Gasteiger partial charge on any atom is -0.329 e. The normalized spacial score (nSPS) is 15.6. The fourth-order valence-corrected chi connectivity index (χ4v) is 1.73. The second-order valence-electron chi connectivity index (χ2n) is 3.52. The Labute approximate surface area is 89.2 Å². The first kappa shape index (κ1) is 9.93. The SMILES string of the molecule is O=CNc1ccc(C2=CCNCC2)cc1. The fourth-order valence-electron chi connectivity index (χ4n) is 1.73. The number of benzene rings is 1. The Bertz CT molecular complexity index is 368. The first-order chi connectivity index (χ1) is 7.40. The van der Waals surface area contributed by atoms with Gasteiger partial charge >= 0.3 is 0 Å². The highest BCUT2D eigenvalue weighted by molar-refractivity contribution is 5.73. The van der Waals surface area contributed by atoms with E-state index in [1.165, 1.54) is 11.1 Å². The summed E-state index contributed by atoms with van der Waals surface area (Å²) in [5, 5.41) is 5.91. The summed E-state index contributed by atoms with van der Waals surface area (Å²) in [5.74, 6) is 0. The van der Waals surface area contributed by atoms with Crippen molar-refractivity contribution in [3.8, 4) is 0 Å². The number of anilines is 1. The van der Waals surface area contributed by atoms with Gasteiger partial charge in [-0.05, 0) is 36.2 Å². The zero-order valence-corrected chi connectivity index (χ0v) is 8.49. The maximum atomic E-state index is 10.2. The Morgan fingerprint density at radius 3 is 2.67 bits per heavy atom. The molecule has 0 atom stereocenters. The largest absolute Gasteiger partial charge is 0.329 e. The third kappa shape index (κ3) is 2.44. The van der Waals surface area contributed by atoms with Gasteiger partial charge in [-0.3, -0.25) is 4.79 Å². The number of amides is 1. The smallest absolute Gasteiger partial charge is 0.211 e. The molecule has 0 fully saturated rings. The molecule has 0 spiro atoms. The first-order valence-corrected chi connectivity index (χ1v) is 5.10. The Balaban J connectivity index is 2.15. The van der Waals surface area contributed by atoms with Crippen LogP contribution in [-0.2, 0) is 4.79 Å². The van der Waals surface area contributed by atoms with Crippen molar-refractivity contribution in [3.05, 3.63) is 35.9 Å². The maximum absolute atomic E-state index is 10.2. The van der Waals surface area contributed by atoms with Crippen LogP contribution in [0.2, 0.25) is 0 Å². The van der Waals surface area contributed by atoms with Crippen LogP contribution >= 0.6 is 0 Å². The van der Waals surface area contributed by atoms with Crippen LogP contribution in [0.5, 0.6) is 0 Å². The van der Waals surface area contributed by atoms with Gasteiger partial charge in [-0.25, -0.2) is 0 Å². The lowest BCUT2D eigenvalue weighted by atomic mass is 10.0. The zero-order valence-electron chi connectivity index (χ0n) is 8.49. The summed E-state index contributed by atoms with van der Waals surface area (Å²) >= 11 is 0. The van der Waals surface area contributed by atoms with E-state index in [1.807, 2.05) is 24.3 Å². The Morgan fingerprint density at radius 1 is 1.27 bits per heavy atom. The molecule has 0 aliphatic carbocycles. The molecule has 2 rings (SSSR count). The van der Waals surface area contributed by atoms with Gasteiger partial charge < -0.3 is 10.6 Å². The highest BCUT2D eigenvalue weighted by atomic mass is 16.1. The highest BCUT2D eigenvalue weighted by Gasteiger charge is 2.04. The molecule has 1 heterocycles. The van der Waals surface area contributed by atoms with Gasteiger partial charge in [0.1, 0.15) is 0 Å². The average molecular weight is 202 g/mol. The van der Waals surface area contributed by atoms with Crippen molar-refractivity contribution >= 4 is 17.7 Å². The number of nitrogens with one attached hydrogen (secondary N) is 2. The monoisotopic (exact) mass is 202 g/mol. The number of hydrogen-bond acceptors (Lipinski definition) is 2. The Morgan fingerprint density at radius 2 is 2.07 bits per heavy atom. The lowest BCUT2D eigenvalue weighted by Crippen LogP contribution is -2.19. The molecule has 15 heavy (non-hydrogen) atoms. The van der Waals surface area contributed by atoms with E-state index in [2.05, 4.69) is 16.7 Å². The van der Waals surface area contributed by atoms with Gasteiger partial charge in [0.05, 0.1) is 0 Å². The maximum Gasteiger partial charge on any atom is 0.211 e. The van der Waals surface area contributed by atoms with E-state index in [0.717, 1.165) is 25.2 Å². The third-order valence-electron chi connectivity index (χ3n) is 2.55. The molecule has 0 saturated heterocycles. The van der Waals surface area contributed by atoms with Gasteiger partial charge in [-0.2, -0.15) is 0 Å². The Kier molecular flexibility index (Phi) is 3.15. The molecule has 78 valence electrons. The van der Waals surface area contributed by atoms with Gasteiger partial charge in [0.2, 0.25) is 6.41 Å². The van der Waals surface area contributed by atoms with E-state index in [9.17, 15) is 4.79 Å². The van der Waals surface area contributed by atoms with E-state index in [1.54, 1.807) is 0 Å². The summed E-state index contributed by atoms with van der Waals surface area (Å²) in [6.07, 6.45) is 3.98. The molecular weight excluding hydrogens is 188 g/mol. The average Bonchev–Trinajstić information content (AvgIpc) is 2.32. The number of hydrogen-bond donors (Lipinski definition) is 2. The van der Waals surface area contributed by atoms with Crippen LogP contribution in [-0.4, -0.2) is 19.5 Å². The van der Waals surface area contributed by atoms with Crippen LogP contribution in [0.1, 0.15) is 12.0 Å². The van der Waals surface area contributed by atoms with Crippen LogP contribution in [0.4, 0.5) is 5.69 Å². The van der Waals surface area contributed by atoms with Gasteiger partial charge in [0, 0.05) is 12.2 Å². The quantitative estimate of drug-likeness (QED) is 0.731. The standard InChI is InChI=1S/C12H14N2O/c15-9-14-12-3-1-10(2-4-12)11-5-7-13-8-6-11/h1-5,9,13H,6-8H2,(H,14,15). The molecule has 0 saturated carbocycles. The molecule has 1 amide bonds. The minimum absolute atomic E-state index is 0.693. The predicted molar refractivity (Wildman–Crippen MR) is 61.6 cm³/mol. The van der Waals surface area contributed by atoms with Crippen LogP contribution in [0, 0.1) is 0 Å². The summed E-state index contributed by atoms with van der Waals surface area (Å²) in [4.78, 5) is 10.2. The lowest BCUT2D eigenvalue weighted by molar-refractivity contribution is -0.105. The van der Waals surface area contributed by atoms with Gasteiger partial charge in [-0.1, -0.05) is 18.2 Å². The molecule has 1 aromatic rings. The molecule has 1 aromatic carbocycles. The summed E-state index contributed by atoms with van der Waals surface area (Å²) in [5.41, 5.74) is 3.46. The lowest BCUT2D eigenvalue weighted by Gasteiger charge is -2.14. The van der Waals surface area contributed by atoms with Crippen LogP contribution in [0.3, 0.4) is 0 Å². The van der Waals surface area contributed by atoms with Crippen molar-refractivity contribution < 1.29 is 4.79 Å². The minimum atomic E-state index is 0.693. The van der Waals surface area contributed by atoms with E-state index < -0.39 is 0 Å². The molecule has 1 aliphatic heterocycles. The van der Waals surface area contributed by atoms with Crippen LogP contribution < -0.4 is 10.6 Å². The molecule has 0 aromatic heterocycles. The Hall–Kier alpha value is -1.61. The summed E-state index contributed by atoms with van der Waals surface area (Å²) in [6, 6.07) is 7.94. The second kappa shape index (κ2) is 4.75. The molecule has 0 bridgehead atoms. The summed E-state index contributed by atoms with van der Waals surface area (Å²) in [7, 11) is 0. The molecule has 0 radical (unpaired) electrons. The van der Waals surface area contributed by atoms with Crippen molar-refractivity contribution in [2.45, 2.75) is 6.42 Å². The topological polar surface area (TPSA) is 41.1 Å².